The molecule has 0 fully saturated rings. The van der Waals surface area contributed by atoms with E-state index < -0.39 is 10.9 Å². The Labute approximate surface area is 121 Å². The Kier molecular flexibility index (Phi) is 4.50. The first kappa shape index (κ1) is 14.5. The van der Waals surface area contributed by atoms with Crippen LogP contribution in [0.1, 0.15) is 15.9 Å². The zero-order valence-electron chi connectivity index (χ0n) is 11.1. The predicted octanol–water partition coefficient (Wildman–Crippen LogP) is 1.61. The third-order valence-electron chi connectivity index (χ3n) is 3.01. The molecule has 0 unspecified atom stereocenters. The Morgan fingerprint density at radius 3 is 2.48 bits per heavy atom. The lowest BCUT2D eigenvalue weighted by atomic mass is 10.1. The van der Waals surface area contributed by atoms with Gasteiger partial charge in [0.1, 0.15) is 0 Å². The van der Waals surface area contributed by atoms with E-state index in [4.69, 9.17) is 0 Å². The highest BCUT2D eigenvalue weighted by Crippen LogP contribution is 2.21. The molecular formula is C15H13N2O4-. The molecular weight excluding hydrogens is 272 g/mol. The number of hydrogen-bond donors (Lipinski definition) is 1. The fraction of sp³-hybridized carbons (Fsp3) is 0.133. The number of nitro groups is 1. The van der Waals surface area contributed by atoms with Crippen LogP contribution in [0.2, 0.25) is 0 Å². The average molecular weight is 285 g/mol. The van der Waals surface area contributed by atoms with E-state index in [1.54, 1.807) is 0 Å². The number of rotatable bonds is 6. The van der Waals surface area contributed by atoms with Gasteiger partial charge in [-0.2, -0.15) is 0 Å². The molecule has 0 heterocycles. The second-order valence-electron chi connectivity index (χ2n) is 4.44. The maximum Gasteiger partial charge on any atom is 0.270 e. The lowest BCUT2D eigenvalue weighted by Gasteiger charge is -2.12. The molecule has 0 saturated carbocycles. The van der Waals surface area contributed by atoms with Crippen LogP contribution in [0.4, 0.5) is 11.4 Å². The van der Waals surface area contributed by atoms with Gasteiger partial charge in [-0.15, -0.1) is 0 Å². The molecule has 0 amide bonds. The zero-order valence-corrected chi connectivity index (χ0v) is 11.1. The number of nitro benzene ring substituents is 1. The predicted molar refractivity (Wildman–Crippen MR) is 76.1 cm³/mol. The highest BCUT2D eigenvalue weighted by molar-refractivity contribution is 5.93. The van der Waals surface area contributed by atoms with Crippen LogP contribution in [-0.4, -0.2) is 17.4 Å². The van der Waals surface area contributed by atoms with E-state index in [0.29, 0.717) is 18.7 Å². The first-order valence-electron chi connectivity index (χ1n) is 6.35. The number of benzene rings is 2. The summed E-state index contributed by atoms with van der Waals surface area (Å²) in [6, 6.07) is 13.4. The number of carboxylic acid groups (broad SMARTS) is 1. The van der Waals surface area contributed by atoms with Crippen molar-refractivity contribution in [2.75, 3.05) is 11.9 Å². The maximum atomic E-state index is 11.1. The summed E-state index contributed by atoms with van der Waals surface area (Å²) >= 11 is 0. The molecule has 0 atom stereocenters. The van der Waals surface area contributed by atoms with Crippen molar-refractivity contribution >= 4 is 17.3 Å². The molecule has 2 rings (SSSR count). The first-order chi connectivity index (χ1) is 10.1. The van der Waals surface area contributed by atoms with Crippen molar-refractivity contribution in [3.63, 3.8) is 0 Å². The second kappa shape index (κ2) is 6.51. The molecule has 0 aliphatic rings. The number of carboxylic acids is 1. The zero-order chi connectivity index (χ0) is 15.2. The minimum Gasteiger partial charge on any atom is -0.545 e. The van der Waals surface area contributed by atoms with E-state index in [-0.39, 0.29) is 11.3 Å². The van der Waals surface area contributed by atoms with E-state index >= 15 is 0 Å². The quantitative estimate of drug-likeness (QED) is 0.642. The summed E-state index contributed by atoms with van der Waals surface area (Å²) in [5.74, 6) is -1.44. The molecule has 2 aromatic carbocycles. The molecule has 0 spiro atoms. The summed E-state index contributed by atoms with van der Waals surface area (Å²) < 4.78 is 0. The van der Waals surface area contributed by atoms with Crippen molar-refractivity contribution in [3.8, 4) is 0 Å². The lowest BCUT2D eigenvalue weighted by Crippen LogP contribution is -2.24. The topological polar surface area (TPSA) is 95.3 Å². The van der Waals surface area contributed by atoms with Crippen molar-refractivity contribution in [1.82, 2.24) is 0 Å². The number of hydrogen-bond acceptors (Lipinski definition) is 5. The second-order valence-corrected chi connectivity index (χ2v) is 4.44. The summed E-state index contributed by atoms with van der Waals surface area (Å²) in [7, 11) is 0. The van der Waals surface area contributed by atoms with Crippen LogP contribution in [0, 0.1) is 10.1 Å². The van der Waals surface area contributed by atoms with Gasteiger partial charge in [-0.25, -0.2) is 0 Å². The molecule has 21 heavy (non-hydrogen) atoms. The Morgan fingerprint density at radius 1 is 1.14 bits per heavy atom. The van der Waals surface area contributed by atoms with Crippen LogP contribution in [0.15, 0.2) is 48.5 Å². The first-order valence-corrected chi connectivity index (χ1v) is 6.35. The number of nitrogens with zero attached hydrogens (tertiary/aromatic N) is 1. The summed E-state index contributed by atoms with van der Waals surface area (Å²) in [6.07, 6.45) is 0.713. The third kappa shape index (κ3) is 3.79. The van der Waals surface area contributed by atoms with Gasteiger partial charge in [0.25, 0.3) is 5.69 Å². The van der Waals surface area contributed by atoms with Gasteiger partial charge in [0.2, 0.25) is 0 Å². The number of carbonyl (C=O) groups is 1. The van der Waals surface area contributed by atoms with Crippen LogP contribution in [0.5, 0.6) is 0 Å². The third-order valence-corrected chi connectivity index (χ3v) is 3.01. The number of carbonyl (C=O) groups excluding carboxylic acids is 1. The molecule has 0 radical (unpaired) electrons. The molecule has 0 aromatic heterocycles. The van der Waals surface area contributed by atoms with Crippen molar-refractivity contribution in [2.24, 2.45) is 0 Å². The highest BCUT2D eigenvalue weighted by Gasteiger charge is 2.11. The largest absolute Gasteiger partial charge is 0.545 e. The van der Waals surface area contributed by atoms with Crippen LogP contribution >= 0.6 is 0 Å². The average Bonchev–Trinajstić information content (AvgIpc) is 2.48. The van der Waals surface area contributed by atoms with Gasteiger partial charge in [0.05, 0.1) is 10.9 Å². The van der Waals surface area contributed by atoms with Crippen molar-refractivity contribution in [1.29, 1.82) is 0 Å². The molecule has 0 aliphatic heterocycles. The van der Waals surface area contributed by atoms with Gasteiger partial charge < -0.3 is 15.2 Å². The fourth-order valence-corrected chi connectivity index (χ4v) is 1.96. The fourth-order valence-electron chi connectivity index (χ4n) is 1.96. The Bertz CT molecular complexity index is 656. The maximum absolute atomic E-state index is 11.1. The summed E-state index contributed by atoms with van der Waals surface area (Å²) in [4.78, 5) is 21.1. The van der Waals surface area contributed by atoms with E-state index in [1.807, 2.05) is 30.3 Å². The lowest BCUT2D eigenvalue weighted by molar-refractivity contribution is -0.385. The molecule has 0 bridgehead atoms. The van der Waals surface area contributed by atoms with Crippen molar-refractivity contribution < 1.29 is 14.8 Å². The van der Waals surface area contributed by atoms with Crippen LogP contribution in [-0.2, 0) is 6.42 Å². The van der Waals surface area contributed by atoms with Crippen molar-refractivity contribution in [2.45, 2.75) is 6.42 Å². The molecule has 108 valence electrons. The molecule has 6 nitrogen and oxygen atoms in total. The van der Waals surface area contributed by atoms with Crippen LogP contribution < -0.4 is 10.4 Å². The molecule has 1 N–H and O–H groups in total. The molecule has 0 saturated heterocycles. The number of anilines is 1. The van der Waals surface area contributed by atoms with E-state index in [0.717, 1.165) is 11.6 Å². The number of nitrogens with one attached hydrogen (secondary N) is 1. The monoisotopic (exact) mass is 285 g/mol. The molecule has 6 heteroatoms. The van der Waals surface area contributed by atoms with E-state index in [9.17, 15) is 20.0 Å². The van der Waals surface area contributed by atoms with Crippen LogP contribution in [0.25, 0.3) is 0 Å². The number of non-ortho nitro benzene ring substituents is 1. The van der Waals surface area contributed by atoms with Gasteiger partial charge in [-0.3, -0.25) is 10.1 Å². The minimum atomic E-state index is -1.44. The Morgan fingerprint density at radius 2 is 1.86 bits per heavy atom. The van der Waals surface area contributed by atoms with Gasteiger partial charge in [-0.05, 0) is 18.1 Å². The van der Waals surface area contributed by atoms with Gasteiger partial charge in [0, 0.05) is 29.9 Å². The summed E-state index contributed by atoms with van der Waals surface area (Å²) in [6.45, 7) is 0.516. The number of aromatic carboxylic acids is 1. The van der Waals surface area contributed by atoms with Crippen LogP contribution in [0.3, 0.4) is 0 Å². The van der Waals surface area contributed by atoms with Gasteiger partial charge in [-0.1, -0.05) is 30.3 Å². The van der Waals surface area contributed by atoms with Crippen molar-refractivity contribution in [3.05, 3.63) is 69.8 Å². The SMILES string of the molecule is O=C([O-])c1cc([N+](=O)[O-])ccc1NCCc1ccccc1. The van der Waals surface area contributed by atoms with E-state index in [1.165, 1.54) is 12.1 Å². The van der Waals surface area contributed by atoms with E-state index in [2.05, 4.69) is 5.32 Å². The highest BCUT2D eigenvalue weighted by atomic mass is 16.6. The van der Waals surface area contributed by atoms with Gasteiger partial charge >= 0.3 is 0 Å². The summed E-state index contributed by atoms with van der Waals surface area (Å²) in [5.41, 5.74) is 0.943. The molecule has 2 aromatic rings. The smallest absolute Gasteiger partial charge is 0.270 e. The Balaban J connectivity index is 2.09. The Hall–Kier alpha value is -2.89. The van der Waals surface area contributed by atoms with Gasteiger partial charge in [0.15, 0.2) is 0 Å². The normalized spacial score (nSPS) is 10.1. The summed E-state index contributed by atoms with van der Waals surface area (Å²) in [5, 5.41) is 24.7. The minimum absolute atomic E-state index is 0.211. The molecule has 0 aliphatic carbocycles. The standard InChI is InChI=1S/C15H14N2O4/c18-15(19)13-10-12(17(20)21)6-7-14(13)16-9-8-11-4-2-1-3-5-11/h1-7,10,16H,8-9H2,(H,18,19)/p-1.